The number of amides is 1. The Balaban J connectivity index is 1.60. The zero-order valence-corrected chi connectivity index (χ0v) is 18.1. The molecule has 2 aromatic carbocycles. The highest BCUT2D eigenvalue weighted by Gasteiger charge is 2.26. The van der Waals surface area contributed by atoms with Gasteiger partial charge >= 0.3 is 0 Å². The molecule has 6 heteroatoms. The number of para-hydroxylation sites is 1. The summed E-state index contributed by atoms with van der Waals surface area (Å²) in [5, 5.41) is 3.14. The van der Waals surface area contributed by atoms with Crippen molar-refractivity contribution < 1.29 is 19.0 Å². The minimum absolute atomic E-state index is 0.0453. The quantitative estimate of drug-likeness (QED) is 0.646. The number of rotatable bonds is 10. The van der Waals surface area contributed by atoms with E-state index in [1.54, 1.807) is 21.3 Å². The first-order chi connectivity index (χ1) is 14.7. The molecule has 3 rings (SSSR count). The summed E-state index contributed by atoms with van der Waals surface area (Å²) in [6.45, 7) is 2.67. The van der Waals surface area contributed by atoms with E-state index in [4.69, 9.17) is 14.2 Å². The van der Waals surface area contributed by atoms with Crippen LogP contribution in [0, 0.1) is 0 Å². The Hall–Kier alpha value is -2.73. The standard InChI is InChI=1S/C24H32N2O4/c1-28-21-9-5-4-8-19(21)20(26-14-6-7-15-26)17-25-24(27)13-11-18-10-12-22(29-2)23(16-18)30-3/h4-5,8-10,12,16,20H,6-7,11,13-15,17H2,1-3H3,(H,25,27). The van der Waals surface area contributed by atoms with Crippen molar-refractivity contribution in [3.8, 4) is 17.2 Å². The topological polar surface area (TPSA) is 60.0 Å². The van der Waals surface area contributed by atoms with Crippen LogP contribution in [0.1, 0.15) is 36.4 Å². The number of carbonyl (C=O) groups excluding carboxylic acids is 1. The summed E-state index contributed by atoms with van der Waals surface area (Å²) in [5.74, 6) is 2.29. The Labute approximate surface area is 179 Å². The zero-order valence-electron chi connectivity index (χ0n) is 18.1. The average molecular weight is 413 g/mol. The van der Waals surface area contributed by atoms with Gasteiger partial charge in [-0.05, 0) is 56.1 Å². The molecule has 30 heavy (non-hydrogen) atoms. The van der Waals surface area contributed by atoms with Crippen molar-refractivity contribution in [2.45, 2.75) is 31.7 Å². The van der Waals surface area contributed by atoms with E-state index in [1.165, 1.54) is 12.8 Å². The fourth-order valence-electron chi connectivity index (χ4n) is 4.02. The van der Waals surface area contributed by atoms with Crippen LogP contribution in [0.4, 0.5) is 0 Å². The Morgan fingerprint density at radius 2 is 1.67 bits per heavy atom. The summed E-state index contributed by atoms with van der Waals surface area (Å²) in [6.07, 6.45) is 3.46. The van der Waals surface area contributed by atoms with Crippen molar-refractivity contribution in [3.05, 3.63) is 53.6 Å². The Kier molecular flexibility index (Phi) is 7.97. The maximum absolute atomic E-state index is 12.6. The lowest BCUT2D eigenvalue weighted by molar-refractivity contribution is -0.121. The summed E-state index contributed by atoms with van der Waals surface area (Å²) in [7, 11) is 4.93. The molecule has 162 valence electrons. The van der Waals surface area contributed by atoms with E-state index in [1.807, 2.05) is 36.4 Å². The first-order valence-corrected chi connectivity index (χ1v) is 10.5. The van der Waals surface area contributed by atoms with Crippen LogP contribution in [0.15, 0.2) is 42.5 Å². The molecule has 1 unspecified atom stereocenters. The molecule has 1 fully saturated rings. The van der Waals surface area contributed by atoms with Gasteiger partial charge in [-0.2, -0.15) is 0 Å². The maximum Gasteiger partial charge on any atom is 0.220 e. The molecule has 2 aromatic rings. The molecule has 0 aromatic heterocycles. The molecule has 1 atom stereocenters. The number of aryl methyl sites for hydroxylation is 1. The fourth-order valence-corrected chi connectivity index (χ4v) is 4.02. The van der Waals surface area contributed by atoms with Crippen LogP contribution in [0.3, 0.4) is 0 Å². The normalized spacial score (nSPS) is 14.9. The molecule has 0 bridgehead atoms. The van der Waals surface area contributed by atoms with E-state index >= 15 is 0 Å². The second kappa shape index (κ2) is 10.9. The van der Waals surface area contributed by atoms with Crippen LogP contribution in [-0.4, -0.2) is 51.8 Å². The highest BCUT2D eigenvalue weighted by molar-refractivity contribution is 5.76. The number of ether oxygens (including phenoxy) is 3. The monoisotopic (exact) mass is 412 g/mol. The lowest BCUT2D eigenvalue weighted by Gasteiger charge is -2.29. The van der Waals surface area contributed by atoms with Crippen molar-refractivity contribution in [3.63, 3.8) is 0 Å². The van der Waals surface area contributed by atoms with E-state index in [9.17, 15) is 4.79 Å². The van der Waals surface area contributed by atoms with Gasteiger partial charge in [-0.3, -0.25) is 9.69 Å². The van der Waals surface area contributed by atoms with Crippen molar-refractivity contribution in [2.75, 3.05) is 41.0 Å². The van der Waals surface area contributed by atoms with E-state index < -0.39 is 0 Å². The molecule has 1 aliphatic heterocycles. The number of hydrogen-bond donors (Lipinski definition) is 1. The molecule has 6 nitrogen and oxygen atoms in total. The molecule has 0 aliphatic carbocycles. The van der Waals surface area contributed by atoms with Crippen molar-refractivity contribution >= 4 is 5.91 Å². The maximum atomic E-state index is 12.6. The number of nitrogens with zero attached hydrogens (tertiary/aromatic N) is 1. The highest BCUT2D eigenvalue weighted by Crippen LogP contribution is 2.31. The van der Waals surface area contributed by atoms with Gasteiger partial charge in [0.25, 0.3) is 0 Å². The van der Waals surface area contributed by atoms with Gasteiger partial charge in [0.05, 0.1) is 27.4 Å². The Morgan fingerprint density at radius 1 is 0.967 bits per heavy atom. The smallest absolute Gasteiger partial charge is 0.220 e. The second-order valence-electron chi connectivity index (χ2n) is 7.49. The van der Waals surface area contributed by atoms with Gasteiger partial charge in [-0.15, -0.1) is 0 Å². The number of hydrogen-bond acceptors (Lipinski definition) is 5. The molecule has 1 amide bonds. The fraction of sp³-hybridized carbons (Fsp3) is 0.458. The summed E-state index contributed by atoms with van der Waals surface area (Å²) in [4.78, 5) is 15.0. The van der Waals surface area contributed by atoms with Gasteiger partial charge in [-0.1, -0.05) is 24.3 Å². The predicted octanol–water partition coefficient (Wildman–Crippen LogP) is 3.60. The van der Waals surface area contributed by atoms with Crippen LogP contribution in [-0.2, 0) is 11.2 Å². The summed E-state index contributed by atoms with van der Waals surface area (Å²) < 4.78 is 16.2. The van der Waals surface area contributed by atoms with Gasteiger partial charge < -0.3 is 19.5 Å². The van der Waals surface area contributed by atoms with E-state index in [0.29, 0.717) is 30.9 Å². The van der Waals surface area contributed by atoms with Gasteiger partial charge in [0, 0.05) is 18.5 Å². The van der Waals surface area contributed by atoms with Gasteiger partial charge in [-0.25, -0.2) is 0 Å². The van der Waals surface area contributed by atoms with E-state index in [-0.39, 0.29) is 11.9 Å². The number of methoxy groups -OCH3 is 3. The van der Waals surface area contributed by atoms with Gasteiger partial charge in [0.1, 0.15) is 5.75 Å². The molecular weight excluding hydrogens is 380 g/mol. The zero-order chi connectivity index (χ0) is 21.3. The summed E-state index contributed by atoms with van der Waals surface area (Å²) >= 11 is 0. The average Bonchev–Trinajstić information content (AvgIpc) is 3.32. The van der Waals surface area contributed by atoms with E-state index in [2.05, 4.69) is 16.3 Å². The SMILES string of the molecule is COc1ccc(CCC(=O)NCC(c2ccccc2OC)N2CCCC2)cc1OC. The van der Waals surface area contributed by atoms with Crippen LogP contribution < -0.4 is 19.5 Å². The van der Waals surface area contributed by atoms with Gasteiger partial charge in [0.2, 0.25) is 5.91 Å². The lowest BCUT2D eigenvalue weighted by Crippen LogP contribution is -2.37. The minimum atomic E-state index is 0.0453. The molecule has 1 N–H and O–H groups in total. The number of likely N-dealkylation sites (tertiary alicyclic amines) is 1. The number of carbonyl (C=O) groups is 1. The molecule has 0 radical (unpaired) electrons. The Morgan fingerprint density at radius 3 is 2.37 bits per heavy atom. The van der Waals surface area contributed by atoms with Crippen molar-refractivity contribution in [2.24, 2.45) is 0 Å². The van der Waals surface area contributed by atoms with Crippen LogP contribution in [0.5, 0.6) is 17.2 Å². The highest BCUT2D eigenvalue weighted by atomic mass is 16.5. The predicted molar refractivity (Wildman–Crippen MR) is 117 cm³/mol. The molecule has 1 saturated heterocycles. The summed E-state index contributed by atoms with van der Waals surface area (Å²) in [6, 6.07) is 14.0. The third kappa shape index (κ3) is 5.45. The van der Waals surface area contributed by atoms with Crippen molar-refractivity contribution in [1.29, 1.82) is 0 Å². The molecule has 1 aliphatic rings. The van der Waals surface area contributed by atoms with Gasteiger partial charge in [0.15, 0.2) is 11.5 Å². The van der Waals surface area contributed by atoms with E-state index in [0.717, 1.165) is 30.0 Å². The van der Waals surface area contributed by atoms with Crippen LogP contribution in [0.2, 0.25) is 0 Å². The third-order valence-electron chi connectivity index (χ3n) is 5.66. The first-order valence-electron chi connectivity index (χ1n) is 10.5. The molecular formula is C24H32N2O4. The second-order valence-corrected chi connectivity index (χ2v) is 7.49. The third-order valence-corrected chi connectivity index (χ3v) is 5.66. The van der Waals surface area contributed by atoms with Crippen LogP contribution >= 0.6 is 0 Å². The van der Waals surface area contributed by atoms with Crippen LogP contribution in [0.25, 0.3) is 0 Å². The van der Waals surface area contributed by atoms with Crippen molar-refractivity contribution in [1.82, 2.24) is 10.2 Å². The largest absolute Gasteiger partial charge is 0.496 e. The minimum Gasteiger partial charge on any atom is -0.496 e. The lowest BCUT2D eigenvalue weighted by atomic mass is 10.0. The number of benzene rings is 2. The molecule has 1 heterocycles. The number of nitrogens with one attached hydrogen (secondary N) is 1. The Bertz CT molecular complexity index is 834. The summed E-state index contributed by atoms with van der Waals surface area (Å²) in [5.41, 5.74) is 2.17. The first kappa shape index (κ1) is 22.0. The molecule has 0 spiro atoms. The molecule has 0 saturated carbocycles.